The van der Waals surface area contributed by atoms with Crippen LogP contribution in [0.1, 0.15) is 23.2 Å². The van der Waals surface area contributed by atoms with Gasteiger partial charge in [0.25, 0.3) is 5.91 Å². The first-order valence-corrected chi connectivity index (χ1v) is 6.72. The number of hydrogen-bond donors (Lipinski definition) is 1. The van der Waals surface area contributed by atoms with Crippen LogP contribution in [-0.4, -0.2) is 30.4 Å². The van der Waals surface area contributed by atoms with E-state index in [0.717, 1.165) is 12.8 Å². The molecule has 0 spiro atoms. The molecule has 5 heteroatoms. The summed E-state index contributed by atoms with van der Waals surface area (Å²) in [5.41, 5.74) is 6.25. The predicted molar refractivity (Wildman–Crippen MR) is 74.1 cm³/mol. The summed E-state index contributed by atoms with van der Waals surface area (Å²) < 4.78 is 0. The molecule has 1 aromatic carbocycles. The average molecular weight is 287 g/mol. The van der Waals surface area contributed by atoms with Gasteiger partial charge in [0.2, 0.25) is 0 Å². The van der Waals surface area contributed by atoms with Crippen LogP contribution in [0.5, 0.6) is 0 Å². The molecule has 1 unspecified atom stereocenters. The van der Waals surface area contributed by atoms with Crippen molar-refractivity contribution in [3.63, 3.8) is 0 Å². The number of amides is 1. The van der Waals surface area contributed by atoms with Crippen molar-refractivity contribution >= 4 is 29.1 Å². The van der Waals surface area contributed by atoms with E-state index < -0.39 is 0 Å². The van der Waals surface area contributed by atoms with Gasteiger partial charge < -0.3 is 10.6 Å². The first kappa shape index (κ1) is 13.7. The minimum absolute atomic E-state index is 0.0817. The largest absolute Gasteiger partial charge is 0.337 e. The molecule has 1 amide bonds. The second kappa shape index (κ2) is 5.47. The van der Waals surface area contributed by atoms with Gasteiger partial charge in [-0.3, -0.25) is 4.79 Å². The maximum absolute atomic E-state index is 12.3. The van der Waals surface area contributed by atoms with Gasteiger partial charge >= 0.3 is 0 Å². The van der Waals surface area contributed by atoms with Crippen LogP contribution in [0.3, 0.4) is 0 Å². The molecule has 18 heavy (non-hydrogen) atoms. The van der Waals surface area contributed by atoms with Gasteiger partial charge in [0.1, 0.15) is 0 Å². The molecule has 0 saturated heterocycles. The van der Waals surface area contributed by atoms with Gasteiger partial charge in [0, 0.05) is 35.2 Å². The minimum atomic E-state index is -0.0817. The maximum Gasteiger partial charge on any atom is 0.254 e. The third-order valence-corrected chi connectivity index (χ3v) is 3.77. The summed E-state index contributed by atoms with van der Waals surface area (Å²) in [5, 5.41) is 0.935. The molecule has 0 aromatic heterocycles. The molecule has 98 valence electrons. The summed E-state index contributed by atoms with van der Waals surface area (Å²) in [6, 6.07) is 4.98. The summed E-state index contributed by atoms with van der Waals surface area (Å²) in [5.74, 6) is 0.459. The van der Waals surface area contributed by atoms with Crippen molar-refractivity contribution in [2.75, 3.05) is 13.6 Å². The third kappa shape index (κ3) is 2.97. The number of halogens is 2. The molecule has 0 heterocycles. The molecular weight excluding hydrogens is 271 g/mol. The van der Waals surface area contributed by atoms with Crippen LogP contribution in [0, 0.1) is 5.92 Å². The van der Waals surface area contributed by atoms with Gasteiger partial charge in [-0.1, -0.05) is 23.2 Å². The van der Waals surface area contributed by atoms with Gasteiger partial charge in [-0.25, -0.2) is 0 Å². The number of nitrogens with two attached hydrogens (primary N) is 1. The highest BCUT2D eigenvalue weighted by molar-refractivity contribution is 6.35. The Morgan fingerprint density at radius 2 is 1.94 bits per heavy atom. The van der Waals surface area contributed by atoms with E-state index in [4.69, 9.17) is 28.9 Å². The van der Waals surface area contributed by atoms with Crippen LogP contribution in [0.25, 0.3) is 0 Å². The number of carbonyl (C=O) groups is 1. The SMILES string of the molecule is CN(C(=O)c1cc(Cl)cc(Cl)c1)C(CN)C1CC1. The van der Waals surface area contributed by atoms with E-state index in [0.29, 0.717) is 28.1 Å². The van der Waals surface area contributed by atoms with Crippen molar-refractivity contribution < 1.29 is 4.79 Å². The Morgan fingerprint density at radius 3 is 2.39 bits per heavy atom. The van der Waals surface area contributed by atoms with E-state index in [2.05, 4.69) is 0 Å². The zero-order valence-corrected chi connectivity index (χ0v) is 11.7. The lowest BCUT2D eigenvalue weighted by Crippen LogP contribution is -2.43. The Labute approximate surface area is 117 Å². The molecule has 1 aliphatic carbocycles. The fourth-order valence-electron chi connectivity index (χ4n) is 2.18. The lowest BCUT2D eigenvalue weighted by Gasteiger charge is -2.27. The van der Waals surface area contributed by atoms with E-state index in [-0.39, 0.29) is 11.9 Å². The molecule has 1 saturated carbocycles. The van der Waals surface area contributed by atoms with Gasteiger partial charge in [-0.05, 0) is 37.0 Å². The number of benzene rings is 1. The fraction of sp³-hybridized carbons (Fsp3) is 0.462. The zero-order valence-electron chi connectivity index (χ0n) is 10.2. The summed E-state index contributed by atoms with van der Waals surface area (Å²) in [6.45, 7) is 0.487. The predicted octanol–water partition coefficient (Wildman–Crippen LogP) is 2.80. The monoisotopic (exact) mass is 286 g/mol. The molecule has 1 fully saturated rings. The highest BCUT2D eigenvalue weighted by Gasteiger charge is 2.35. The van der Waals surface area contributed by atoms with E-state index in [1.54, 1.807) is 30.1 Å². The molecule has 1 aliphatic rings. The molecule has 0 aliphatic heterocycles. The second-order valence-electron chi connectivity index (χ2n) is 4.71. The van der Waals surface area contributed by atoms with E-state index in [1.807, 2.05) is 0 Å². The summed E-state index contributed by atoms with van der Waals surface area (Å²) in [6.07, 6.45) is 2.30. The molecule has 1 aromatic rings. The number of nitrogens with zero attached hydrogens (tertiary/aromatic N) is 1. The molecule has 2 rings (SSSR count). The van der Waals surface area contributed by atoms with Crippen LogP contribution in [0.4, 0.5) is 0 Å². The highest BCUT2D eigenvalue weighted by Crippen LogP contribution is 2.35. The number of carbonyl (C=O) groups excluding carboxylic acids is 1. The van der Waals surface area contributed by atoms with E-state index in [9.17, 15) is 4.79 Å². The average Bonchev–Trinajstić information content (AvgIpc) is 3.12. The van der Waals surface area contributed by atoms with Crippen molar-refractivity contribution in [3.05, 3.63) is 33.8 Å². The van der Waals surface area contributed by atoms with E-state index in [1.165, 1.54) is 0 Å². The topological polar surface area (TPSA) is 46.3 Å². The van der Waals surface area contributed by atoms with E-state index >= 15 is 0 Å². The minimum Gasteiger partial charge on any atom is -0.337 e. The smallest absolute Gasteiger partial charge is 0.254 e. The third-order valence-electron chi connectivity index (χ3n) is 3.33. The van der Waals surface area contributed by atoms with Gasteiger partial charge in [-0.15, -0.1) is 0 Å². The Kier molecular flexibility index (Phi) is 4.15. The quantitative estimate of drug-likeness (QED) is 0.925. The Balaban J connectivity index is 2.18. The van der Waals surface area contributed by atoms with Gasteiger partial charge in [0.05, 0.1) is 0 Å². The normalized spacial score (nSPS) is 16.4. The Morgan fingerprint density at radius 1 is 1.39 bits per heavy atom. The van der Waals surface area contributed by atoms with Crippen molar-refractivity contribution in [3.8, 4) is 0 Å². The Hall–Kier alpha value is -0.770. The standard InChI is InChI=1S/C13H16Cl2N2O/c1-17(12(7-16)8-2-3-8)13(18)9-4-10(14)6-11(15)5-9/h4-6,8,12H,2-3,7,16H2,1H3. The maximum atomic E-state index is 12.3. The van der Waals surface area contributed by atoms with Gasteiger partial charge in [-0.2, -0.15) is 0 Å². The summed E-state index contributed by atoms with van der Waals surface area (Å²) >= 11 is 11.8. The van der Waals surface area contributed by atoms with Crippen molar-refractivity contribution in [2.24, 2.45) is 11.7 Å². The summed E-state index contributed by atoms with van der Waals surface area (Å²) in [7, 11) is 1.78. The Bertz CT molecular complexity index is 440. The lowest BCUT2D eigenvalue weighted by atomic mass is 10.1. The molecule has 0 bridgehead atoms. The van der Waals surface area contributed by atoms with Gasteiger partial charge in [0.15, 0.2) is 0 Å². The second-order valence-corrected chi connectivity index (χ2v) is 5.59. The number of rotatable bonds is 4. The van der Waals surface area contributed by atoms with Crippen molar-refractivity contribution in [1.82, 2.24) is 4.90 Å². The first-order valence-electron chi connectivity index (χ1n) is 5.96. The molecule has 0 radical (unpaired) electrons. The number of likely N-dealkylation sites (N-methyl/N-ethyl adjacent to an activating group) is 1. The first-order chi connectivity index (χ1) is 8.52. The summed E-state index contributed by atoms with van der Waals surface area (Å²) in [4.78, 5) is 14.0. The molecule has 3 nitrogen and oxygen atoms in total. The highest BCUT2D eigenvalue weighted by atomic mass is 35.5. The van der Waals surface area contributed by atoms with Crippen molar-refractivity contribution in [1.29, 1.82) is 0 Å². The van der Waals surface area contributed by atoms with Crippen LogP contribution in [-0.2, 0) is 0 Å². The molecule has 1 atom stereocenters. The van der Waals surface area contributed by atoms with Crippen molar-refractivity contribution in [2.45, 2.75) is 18.9 Å². The van der Waals surface area contributed by atoms with Crippen LogP contribution >= 0.6 is 23.2 Å². The van der Waals surface area contributed by atoms with Crippen LogP contribution in [0.15, 0.2) is 18.2 Å². The fourth-order valence-corrected chi connectivity index (χ4v) is 2.71. The zero-order chi connectivity index (χ0) is 13.3. The lowest BCUT2D eigenvalue weighted by molar-refractivity contribution is 0.0718. The molecular formula is C13H16Cl2N2O. The number of hydrogen-bond acceptors (Lipinski definition) is 2. The van der Waals surface area contributed by atoms with Crippen LogP contribution in [0.2, 0.25) is 10.0 Å². The van der Waals surface area contributed by atoms with Crippen LogP contribution < -0.4 is 5.73 Å². The molecule has 2 N–H and O–H groups in total.